The maximum absolute atomic E-state index is 12.1. The molecule has 2 rings (SSSR count). The Balaban J connectivity index is 2.28. The number of sulfonamides is 1. The lowest BCUT2D eigenvalue weighted by Gasteiger charge is -2.09. The monoisotopic (exact) mass is 296 g/mol. The predicted octanol–water partition coefficient (Wildman–Crippen LogP) is 3.10. The molecule has 0 aliphatic carbocycles. The van der Waals surface area contributed by atoms with Gasteiger partial charge in [-0.05, 0) is 36.2 Å². The Labute approximate surface area is 117 Å². The van der Waals surface area contributed by atoms with Crippen molar-refractivity contribution in [3.63, 3.8) is 0 Å². The highest BCUT2D eigenvalue weighted by Crippen LogP contribution is 2.21. The van der Waals surface area contributed by atoms with Gasteiger partial charge >= 0.3 is 0 Å². The highest BCUT2D eigenvalue weighted by molar-refractivity contribution is 7.92. The van der Waals surface area contributed by atoms with Gasteiger partial charge in [-0.3, -0.25) is 4.72 Å². The van der Waals surface area contributed by atoms with Crippen LogP contribution in [0, 0.1) is 0 Å². The van der Waals surface area contributed by atoms with Gasteiger partial charge in [0.05, 0.1) is 0 Å². The molecule has 0 spiro atoms. The molecular formula is C13H13ClN2O2S. The number of nitrogens with zero attached hydrogens (tertiary/aromatic N) is 1. The number of hydrogen-bond acceptors (Lipinski definition) is 3. The average Bonchev–Trinajstić information content (AvgIpc) is 2.39. The second kappa shape index (κ2) is 5.59. The van der Waals surface area contributed by atoms with E-state index in [9.17, 15) is 8.42 Å². The molecule has 0 saturated carbocycles. The van der Waals surface area contributed by atoms with E-state index in [0.29, 0.717) is 5.69 Å². The highest BCUT2D eigenvalue weighted by atomic mass is 35.5. The van der Waals surface area contributed by atoms with Crippen molar-refractivity contribution in [3.05, 3.63) is 53.3 Å². The summed E-state index contributed by atoms with van der Waals surface area (Å²) < 4.78 is 26.8. The third-order valence-electron chi connectivity index (χ3n) is 2.63. The van der Waals surface area contributed by atoms with Crippen LogP contribution in [0.1, 0.15) is 12.5 Å². The molecular weight excluding hydrogens is 284 g/mol. The second-order valence-electron chi connectivity index (χ2n) is 3.95. The predicted molar refractivity (Wildman–Crippen MR) is 75.9 cm³/mol. The molecule has 1 N–H and O–H groups in total. The molecule has 0 atom stereocenters. The first kappa shape index (κ1) is 13.8. The summed E-state index contributed by atoms with van der Waals surface area (Å²) in [5.74, 6) is 0. The van der Waals surface area contributed by atoms with Gasteiger partial charge in [0.2, 0.25) is 0 Å². The molecule has 0 saturated heterocycles. The molecule has 2 aromatic rings. The summed E-state index contributed by atoms with van der Waals surface area (Å²) in [5.41, 5.74) is 1.64. The van der Waals surface area contributed by atoms with Crippen molar-refractivity contribution in [3.8, 4) is 0 Å². The maximum atomic E-state index is 12.1. The molecule has 0 amide bonds. The minimum Gasteiger partial charge on any atom is -0.280 e. The summed E-state index contributed by atoms with van der Waals surface area (Å²) >= 11 is 5.79. The number of aryl methyl sites for hydroxylation is 1. The van der Waals surface area contributed by atoms with E-state index in [-0.39, 0.29) is 10.0 Å². The van der Waals surface area contributed by atoms with Crippen LogP contribution >= 0.6 is 11.6 Å². The smallest absolute Gasteiger partial charge is 0.264 e. The van der Waals surface area contributed by atoms with Gasteiger partial charge in [-0.15, -0.1) is 0 Å². The quantitative estimate of drug-likeness (QED) is 0.882. The van der Waals surface area contributed by atoms with Gasteiger partial charge in [-0.25, -0.2) is 13.4 Å². The van der Waals surface area contributed by atoms with Gasteiger partial charge in [0.25, 0.3) is 10.0 Å². The molecule has 1 aromatic heterocycles. The number of aromatic nitrogens is 1. The average molecular weight is 297 g/mol. The Morgan fingerprint density at radius 2 is 1.89 bits per heavy atom. The van der Waals surface area contributed by atoms with E-state index < -0.39 is 10.0 Å². The number of anilines is 1. The maximum Gasteiger partial charge on any atom is 0.264 e. The van der Waals surface area contributed by atoms with Crippen molar-refractivity contribution in [2.45, 2.75) is 18.2 Å². The van der Waals surface area contributed by atoms with Gasteiger partial charge in [-0.1, -0.05) is 30.7 Å². The van der Waals surface area contributed by atoms with Crippen molar-refractivity contribution in [2.24, 2.45) is 0 Å². The molecule has 6 heteroatoms. The normalized spacial score (nSPS) is 11.3. The van der Waals surface area contributed by atoms with Gasteiger partial charge in [0.15, 0.2) is 0 Å². The highest BCUT2D eigenvalue weighted by Gasteiger charge is 2.18. The van der Waals surface area contributed by atoms with Crippen LogP contribution in [-0.2, 0) is 16.4 Å². The fraction of sp³-hybridized carbons (Fsp3) is 0.154. The molecule has 0 fully saturated rings. The molecule has 0 unspecified atom stereocenters. The SMILES string of the molecule is CCc1ccc(NS(=O)(=O)c2cccnc2Cl)cc1. The van der Waals surface area contributed by atoms with Crippen LogP contribution in [0.3, 0.4) is 0 Å². The summed E-state index contributed by atoms with van der Waals surface area (Å²) in [6.45, 7) is 2.04. The summed E-state index contributed by atoms with van der Waals surface area (Å²) in [6.07, 6.45) is 2.35. The van der Waals surface area contributed by atoms with E-state index in [4.69, 9.17) is 11.6 Å². The summed E-state index contributed by atoms with van der Waals surface area (Å²) in [5, 5.41) is -0.0415. The molecule has 100 valence electrons. The van der Waals surface area contributed by atoms with Crippen molar-refractivity contribution >= 4 is 27.3 Å². The fourth-order valence-electron chi connectivity index (χ4n) is 1.59. The number of pyridine rings is 1. The van der Waals surface area contributed by atoms with Crippen LogP contribution in [0.25, 0.3) is 0 Å². The Morgan fingerprint density at radius 3 is 2.47 bits per heavy atom. The van der Waals surface area contributed by atoms with Crippen LogP contribution in [-0.4, -0.2) is 13.4 Å². The molecule has 1 aromatic carbocycles. The van der Waals surface area contributed by atoms with Gasteiger partial charge in [0.1, 0.15) is 10.0 Å². The standard InChI is InChI=1S/C13H13ClN2O2S/c1-2-10-5-7-11(8-6-10)16-19(17,18)12-4-3-9-15-13(12)14/h3-9,16H,2H2,1H3. The van der Waals surface area contributed by atoms with Gasteiger partial charge in [0, 0.05) is 11.9 Å². The summed E-state index contributed by atoms with van der Waals surface area (Å²) in [4.78, 5) is 3.73. The summed E-state index contributed by atoms with van der Waals surface area (Å²) in [6, 6.07) is 10.1. The summed E-state index contributed by atoms with van der Waals surface area (Å²) in [7, 11) is -3.71. The second-order valence-corrected chi connectivity index (χ2v) is 5.96. The Morgan fingerprint density at radius 1 is 1.21 bits per heavy atom. The zero-order valence-electron chi connectivity index (χ0n) is 10.3. The van der Waals surface area contributed by atoms with Crippen LogP contribution < -0.4 is 4.72 Å². The van der Waals surface area contributed by atoms with Crippen molar-refractivity contribution in [2.75, 3.05) is 4.72 Å². The zero-order chi connectivity index (χ0) is 13.9. The van der Waals surface area contributed by atoms with E-state index in [1.807, 2.05) is 19.1 Å². The number of halogens is 1. The first-order valence-electron chi connectivity index (χ1n) is 5.75. The van der Waals surface area contributed by atoms with Crippen LogP contribution in [0.4, 0.5) is 5.69 Å². The van der Waals surface area contributed by atoms with Crippen molar-refractivity contribution < 1.29 is 8.42 Å². The Bertz CT molecular complexity index is 669. The van der Waals surface area contributed by atoms with E-state index >= 15 is 0 Å². The molecule has 0 aliphatic heterocycles. The number of nitrogens with one attached hydrogen (secondary N) is 1. The van der Waals surface area contributed by atoms with E-state index in [1.54, 1.807) is 12.1 Å². The van der Waals surface area contributed by atoms with Crippen molar-refractivity contribution in [1.82, 2.24) is 4.98 Å². The van der Waals surface area contributed by atoms with E-state index in [1.165, 1.54) is 18.3 Å². The first-order chi connectivity index (χ1) is 9.03. The minimum atomic E-state index is -3.71. The molecule has 19 heavy (non-hydrogen) atoms. The number of rotatable bonds is 4. The lowest BCUT2D eigenvalue weighted by atomic mass is 10.2. The lowest BCUT2D eigenvalue weighted by molar-refractivity contribution is 0.601. The minimum absolute atomic E-state index is 0.0313. The van der Waals surface area contributed by atoms with Gasteiger partial charge < -0.3 is 0 Å². The van der Waals surface area contributed by atoms with Crippen molar-refractivity contribution in [1.29, 1.82) is 0 Å². The van der Waals surface area contributed by atoms with Crippen LogP contribution in [0.5, 0.6) is 0 Å². The topological polar surface area (TPSA) is 59.1 Å². The fourth-order valence-corrected chi connectivity index (χ4v) is 3.10. The Kier molecular flexibility index (Phi) is 4.07. The molecule has 0 radical (unpaired) electrons. The van der Waals surface area contributed by atoms with E-state index in [2.05, 4.69) is 9.71 Å². The molecule has 4 nitrogen and oxygen atoms in total. The molecule has 0 aliphatic rings. The van der Waals surface area contributed by atoms with Gasteiger partial charge in [-0.2, -0.15) is 0 Å². The molecule has 1 heterocycles. The Hall–Kier alpha value is -1.59. The molecule has 0 bridgehead atoms. The van der Waals surface area contributed by atoms with E-state index in [0.717, 1.165) is 12.0 Å². The van der Waals surface area contributed by atoms with Crippen LogP contribution in [0.15, 0.2) is 47.5 Å². The number of benzene rings is 1. The lowest BCUT2D eigenvalue weighted by Crippen LogP contribution is -2.13. The van der Waals surface area contributed by atoms with Crippen LogP contribution in [0.2, 0.25) is 5.15 Å². The largest absolute Gasteiger partial charge is 0.280 e. The third kappa shape index (κ3) is 3.24. The first-order valence-corrected chi connectivity index (χ1v) is 7.61. The zero-order valence-corrected chi connectivity index (χ0v) is 11.9. The third-order valence-corrected chi connectivity index (χ3v) is 4.45. The number of hydrogen-bond donors (Lipinski definition) is 1.